The van der Waals surface area contributed by atoms with E-state index in [0.717, 1.165) is 21.2 Å². The quantitative estimate of drug-likeness (QED) is 0.501. The first-order chi connectivity index (χ1) is 11.4. The van der Waals surface area contributed by atoms with Gasteiger partial charge >= 0.3 is 0 Å². The Hall–Kier alpha value is -1.38. The summed E-state index contributed by atoms with van der Waals surface area (Å²) >= 11 is 13.5. The van der Waals surface area contributed by atoms with Gasteiger partial charge in [-0.3, -0.25) is 10.1 Å². The van der Waals surface area contributed by atoms with E-state index < -0.39 is 0 Å². The van der Waals surface area contributed by atoms with E-state index in [2.05, 4.69) is 46.2 Å². The number of rotatable bonds is 4. The van der Waals surface area contributed by atoms with Gasteiger partial charge < -0.3 is 10.1 Å². The normalized spacial score (nSPS) is 10.2. The third-order valence-electron chi connectivity index (χ3n) is 3.33. The van der Waals surface area contributed by atoms with Crippen molar-refractivity contribution in [1.82, 2.24) is 5.32 Å². The second-order valence-electron chi connectivity index (χ2n) is 4.91. The molecule has 0 atom stereocenters. The molecule has 0 heterocycles. The molecule has 0 saturated carbocycles. The van der Waals surface area contributed by atoms with Crippen LogP contribution in [0, 0.1) is 3.57 Å². The number of carbonyl (C=O) groups excluding carboxylic acids is 1. The number of anilines is 1. The van der Waals surface area contributed by atoms with Crippen LogP contribution in [0.15, 0.2) is 36.4 Å². The predicted octanol–water partition coefficient (Wildman–Crippen LogP) is 4.64. The first-order valence-corrected chi connectivity index (χ1v) is 9.05. The summed E-state index contributed by atoms with van der Waals surface area (Å²) in [6.45, 7) is 2.06. The molecule has 2 N–H and O–H groups in total. The van der Waals surface area contributed by atoms with Crippen LogP contribution in [0.3, 0.4) is 0 Å². The van der Waals surface area contributed by atoms with E-state index in [1.807, 2.05) is 12.1 Å². The van der Waals surface area contributed by atoms with Crippen LogP contribution >= 0.6 is 46.4 Å². The van der Waals surface area contributed by atoms with Crippen molar-refractivity contribution in [3.63, 3.8) is 0 Å². The van der Waals surface area contributed by atoms with Crippen LogP contribution < -0.4 is 15.4 Å². The number of benzene rings is 2. The standard InChI is InChI=1S/C17H16ClIN2O2S/c1-3-10-8-12(19)5-6-14(10)20-17(24)21-16(22)13-9-11(18)4-7-15(13)23-2/h4-9H,3H2,1-2H3,(H2,20,21,22,24). The van der Waals surface area contributed by atoms with Crippen LogP contribution in [0.4, 0.5) is 5.69 Å². The molecule has 0 aliphatic heterocycles. The van der Waals surface area contributed by atoms with Crippen LogP contribution in [0.1, 0.15) is 22.8 Å². The molecule has 0 unspecified atom stereocenters. The van der Waals surface area contributed by atoms with Gasteiger partial charge in [0.2, 0.25) is 0 Å². The molecule has 2 aromatic carbocycles. The minimum Gasteiger partial charge on any atom is -0.496 e. The molecule has 126 valence electrons. The van der Waals surface area contributed by atoms with Gasteiger partial charge in [-0.1, -0.05) is 18.5 Å². The second-order valence-corrected chi connectivity index (χ2v) is 7.00. The van der Waals surface area contributed by atoms with Crippen LogP contribution in [0.25, 0.3) is 0 Å². The zero-order valence-electron chi connectivity index (χ0n) is 13.2. The topological polar surface area (TPSA) is 50.4 Å². The smallest absolute Gasteiger partial charge is 0.261 e. The minimum atomic E-state index is -0.379. The molecular formula is C17H16ClIN2O2S. The molecule has 0 spiro atoms. The summed E-state index contributed by atoms with van der Waals surface area (Å²) < 4.78 is 6.33. The molecule has 4 nitrogen and oxygen atoms in total. The Bertz CT molecular complexity index is 783. The van der Waals surface area contributed by atoms with E-state index in [1.54, 1.807) is 18.2 Å². The van der Waals surface area contributed by atoms with Crippen molar-refractivity contribution in [2.75, 3.05) is 12.4 Å². The Labute approximate surface area is 165 Å². The molecule has 0 aliphatic carbocycles. The molecule has 0 saturated heterocycles. The summed E-state index contributed by atoms with van der Waals surface area (Å²) in [6, 6.07) is 10.8. The lowest BCUT2D eigenvalue weighted by Gasteiger charge is -2.14. The Balaban J connectivity index is 2.13. The van der Waals surface area contributed by atoms with Gasteiger partial charge in [0.25, 0.3) is 5.91 Å². The number of hydrogen-bond acceptors (Lipinski definition) is 3. The van der Waals surface area contributed by atoms with Crippen LogP contribution in [-0.4, -0.2) is 18.1 Å². The van der Waals surface area contributed by atoms with Crippen LogP contribution in [0.2, 0.25) is 5.02 Å². The van der Waals surface area contributed by atoms with E-state index in [4.69, 9.17) is 28.6 Å². The number of amides is 1. The minimum absolute atomic E-state index is 0.220. The summed E-state index contributed by atoms with van der Waals surface area (Å²) in [5.74, 6) is 0.0543. The van der Waals surface area contributed by atoms with Crippen molar-refractivity contribution in [3.05, 3.63) is 56.1 Å². The van der Waals surface area contributed by atoms with Gasteiger partial charge in [0.1, 0.15) is 5.75 Å². The third-order valence-corrected chi connectivity index (χ3v) is 4.44. The number of nitrogens with one attached hydrogen (secondary N) is 2. The third kappa shape index (κ3) is 4.81. The van der Waals surface area contributed by atoms with Crippen molar-refractivity contribution in [3.8, 4) is 5.75 Å². The van der Waals surface area contributed by atoms with Crippen LogP contribution in [-0.2, 0) is 6.42 Å². The highest BCUT2D eigenvalue weighted by molar-refractivity contribution is 14.1. The highest BCUT2D eigenvalue weighted by Crippen LogP contribution is 2.23. The SMILES string of the molecule is CCc1cc(I)ccc1NC(=S)NC(=O)c1cc(Cl)ccc1OC. The molecule has 24 heavy (non-hydrogen) atoms. The fraction of sp³-hybridized carbons (Fsp3) is 0.176. The maximum Gasteiger partial charge on any atom is 0.261 e. The number of methoxy groups -OCH3 is 1. The summed E-state index contributed by atoms with van der Waals surface area (Å²) in [4.78, 5) is 12.4. The first-order valence-electron chi connectivity index (χ1n) is 7.19. The maximum atomic E-state index is 12.4. The number of halogens is 2. The second kappa shape index (κ2) is 8.64. The van der Waals surface area contributed by atoms with Gasteiger partial charge in [0.15, 0.2) is 5.11 Å². The van der Waals surface area contributed by atoms with Crippen molar-refractivity contribution < 1.29 is 9.53 Å². The molecule has 2 aromatic rings. The highest BCUT2D eigenvalue weighted by Gasteiger charge is 2.15. The number of carbonyl (C=O) groups is 1. The van der Waals surface area contributed by atoms with Gasteiger partial charge in [-0.25, -0.2) is 0 Å². The van der Waals surface area contributed by atoms with Crippen LogP contribution in [0.5, 0.6) is 5.75 Å². The molecular weight excluding hydrogens is 459 g/mol. The Morgan fingerprint density at radius 1 is 1.29 bits per heavy atom. The number of thiocarbonyl (C=S) groups is 1. The molecule has 0 fully saturated rings. The summed E-state index contributed by atoms with van der Waals surface area (Å²) in [6.07, 6.45) is 0.859. The Morgan fingerprint density at radius 3 is 2.71 bits per heavy atom. The average Bonchev–Trinajstić information content (AvgIpc) is 2.56. The van der Waals surface area contributed by atoms with Crippen molar-refractivity contribution in [2.45, 2.75) is 13.3 Å². The summed E-state index contributed by atoms with van der Waals surface area (Å²) in [5.41, 5.74) is 2.33. The van der Waals surface area contributed by atoms with Gasteiger partial charge in [0, 0.05) is 14.3 Å². The zero-order valence-corrected chi connectivity index (χ0v) is 16.9. The number of aryl methyl sites for hydroxylation is 1. The first kappa shape index (κ1) is 19.0. The van der Waals surface area contributed by atoms with Gasteiger partial charge in [-0.15, -0.1) is 0 Å². The zero-order chi connectivity index (χ0) is 17.7. The molecule has 0 aromatic heterocycles. The molecule has 0 bridgehead atoms. The van der Waals surface area contributed by atoms with Crippen molar-refractivity contribution >= 4 is 63.1 Å². The fourth-order valence-corrected chi connectivity index (χ4v) is 3.09. The lowest BCUT2D eigenvalue weighted by atomic mass is 10.1. The monoisotopic (exact) mass is 474 g/mol. The summed E-state index contributed by atoms with van der Waals surface area (Å²) in [5, 5.41) is 6.39. The molecule has 0 aliphatic rings. The van der Waals surface area contributed by atoms with Gasteiger partial charge in [-0.2, -0.15) is 0 Å². The van der Waals surface area contributed by atoms with Crippen molar-refractivity contribution in [2.24, 2.45) is 0 Å². The highest BCUT2D eigenvalue weighted by atomic mass is 127. The Morgan fingerprint density at radius 2 is 2.04 bits per heavy atom. The molecule has 7 heteroatoms. The van der Waals surface area contributed by atoms with E-state index in [0.29, 0.717) is 16.3 Å². The van der Waals surface area contributed by atoms with E-state index in [9.17, 15) is 4.79 Å². The average molecular weight is 475 g/mol. The summed E-state index contributed by atoms with van der Waals surface area (Å²) in [7, 11) is 1.50. The number of ether oxygens (including phenoxy) is 1. The fourth-order valence-electron chi connectivity index (χ4n) is 2.16. The molecule has 2 rings (SSSR count). The largest absolute Gasteiger partial charge is 0.496 e. The van der Waals surface area contributed by atoms with E-state index in [-0.39, 0.29) is 11.0 Å². The van der Waals surface area contributed by atoms with E-state index in [1.165, 1.54) is 7.11 Å². The maximum absolute atomic E-state index is 12.4. The molecule has 0 radical (unpaired) electrons. The number of hydrogen-bond donors (Lipinski definition) is 2. The predicted molar refractivity (Wildman–Crippen MR) is 110 cm³/mol. The van der Waals surface area contributed by atoms with E-state index >= 15 is 0 Å². The Kier molecular flexibility index (Phi) is 6.82. The van der Waals surface area contributed by atoms with Gasteiger partial charge in [-0.05, 0) is 83.2 Å². The lowest BCUT2D eigenvalue weighted by Crippen LogP contribution is -2.34. The molecule has 1 amide bonds. The van der Waals surface area contributed by atoms with Gasteiger partial charge in [0.05, 0.1) is 12.7 Å². The van der Waals surface area contributed by atoms with Crippen molar-refractivity contribution in [1.29, 1.82) is 0 Å². The lowest BCUT2D eigenvalue weighted by molar-refractivity contribution is 0.0975.